The maximum absolute atomic E-state index is 11.3. The summed E-state index contributed by atoms with van der Waals surface area (Å²) in [7, 11) is 3.24. The minimum absolute atomic E-state index is 0.0163. The van der Waals surface area contributed by atoms with Crippen LogP contribution in [0.15, 0.2) is 0 Å². The highest BCUT2D eigenvalue weighted by molar-refractivity contribution is 5.76. The molecule has 1 heterocycles. The van der Waals surface area contributed by atoms with E-state index in [9.17, 15) is 4.79 Å². The number of ether oxygens (including phenoxy) is 2. The molecule has 1 aliphatic rings. The molecular weight excluding hydrogens is 184 g/mol. The molecule has 1 saturated heterocycles. The van der Waals surface area contributed by atoms with E-state index in [2.05, 4.69) is 10.6 Å². The van der Waals surface area contributed by atoms with Gasteiger partial charge in [0.15, 0.2) is 0 Å². The number of carbonyl (C=O) groups is 1. The van der Waals surface area contributed by atoms with E-state index >= 15 is 0 Å². The van der Waals surface area contributed by atoms with Gasteiger partial charge >= 0.3 is 0 Å². The van der Waals surface area contributed by atoms with E-state index in [0.717, 1.165) is 13.1 Å². The standard InChI is InChI=1S/C9H18N2O3/c1-13-4-3-9(12)11-7-5-10-6-8(7)14-2/h7-8,10H,3-6H2,1-2H3,(H,11,12)/t7?,8-/m0/s1. The minimum Gasteiger partial charge on any atom is -0.384 e. The van der Waals surface area contributed by atoms with E-state index in [1.807, 2.05) is 0 Å². The van der Waals surface area contributed by atoms with Crippen molar-refractivity contribution in [1.29, 1.82) is 0 Å². The summed E-state index contributed by atoms with van der Waals surface area (Å²) in [6.07, 6.45) is 0.491. The SMILES string of the molecule is COCCC(=O)NC1CNC[C@@H]1OC. The Kier molecular flexibility index (Phi) is 4.86. The molecule has 1 amide bonds. The van der Waals surface area contributed by atoms with Crippen molar-refractivity contribution >= 4 is 5.91 Å². The van der Waals surface area contributed by atoms with Crippen LogP contribution in [0, 0.1) is 0 Å². The van der Waals surface area contributed by atoms with Gasteiger partial charge in [-0.25, -0.2) is 0 Å². The summed E-state index contributed by atoms with van der Waals surface area (Å²) in [4.78, 5) is 11.3. The molecule has 1 unspecified atom stereocenters. The summed E-state index contributed by atoms with van der Waals surface area (Å²) in [5.41, 5.74) is 0. The third kappa shape index (κ3) is 3.25. The van der Waals surface area contributed by atoms with Gasteiger partial charge in [-0.1, -0.05) is 0 Å². The van der Waals surface area contributed by atoms with E-state index in [1.165, 1.54) is 0 Å². The zero-order chi connectivity index (χ0) is 10.4. The molecule has 82 valence electrons. The Morgan fingerprint density at radius 3 is 2.93 bits per heavy atom. The lowest BCUT2D eigenvalue weighted by atomic mass is 10.2. The Hall–Kier alpha value is -0.650. The third-order valence-electron chi connectivity index (χ3n) is 2.34. The van der Waals surface area contributed by atoms with Gasteiger partial charge in [0.1, 0.15) is 0 Å². The van der Waals surface area contributed by atoms with Crippen LogP contribution in [0.3, 0.4) is 0 Å². The highest BCUT2D eigenvalue weighted by atomic mass is 16.5. The Morgan fingerprint density at radius 1 is 1.50 bits per heavy atom. The van der Waals surface area contributed by atoms with Crippen molar-refractivity contribution < 1.29 is 14.3 Å². The molecule has 1 rings (SSSR count). The summed E-state index contributed by atoms with van der Waals surface area (Å²) >= 11 is 0. The second-order valence-corrected chi connectivity index (χ2v) is 3.35. The fourth-order valence-electron chi connectivity index (χ4n) is 1.52. The Morgan fingerprint density at radius 2 is 2.29 bits per heavy atom. The predicted molar refractivity (Wildman–Crippen MR) is 52.1 cm³/mol. The summed E-state index contributed by atoms with van der Waals surface area (Å²) < 4.78 is 10.0. The number of carbonyl (C=O) groups excluding carboxylic acids is 1. The summed E-state index contributed by atoms with van der Waals surface area (Å²) in [6.45, 7) is 2.03. The van der Waals surface area contributed by atoms with Crippen LogP contribution < -0.4 is 10.6 Å². The second kappa shape index (κ2) is 5.95. The maximum Gasteiger partial charge on any atom is 0.222 e. The molecule has 14 heavy (non-hydrogen) atoms. The molecule has 2 atom stereocenters. The van der Waals surface area contributed by atoms with Crippen LogP contribution in [0.25, 0.3) is 0 Å². The molecule has 0 saturated carbocycles. The number of hydrogen-bond acceptors (Lipinski definition) is 4. The van der Waals surface area contributed by atoms with Gasteiger partial charge in [-0.05, 0) is 0 Å². The summed E-state index contributed by atoms with van der Waals surface area (Å²) in [5, 5.41) is 6.07. The molecule has 5 nitrogen and oxygen atoms in total. The number of hydrogen-bond donors (Lipinski definition) is 2. The van der Waals surface area contributed by atoms with Gasteiger partial charge in [0.05, 0.1) is 18.8 Å². The lowest BCUT2D eigenvalue weighted by Crippen LogP contribution is -2.43. The average Bonchev–Trinajstić information content (AvgIpc) is 2.62. The van der Waals surface area contributed by atoms with E-state index in [0.29, 0.717) is 13.0 Å². The zero-order valence-corrected chi connectivity index (χ0v) is 8.71. The van der Waals surface area contributed by atoms with Crippen molar-refractivity contribution in [1.82, 2.24) is 10.6 Å². The van der Waals surface area contributed by atoms with Gasteiger partial charge in [0, 0.05) is 33.7 Å². The lowest BCUT2D eigenvalue weighted by molar-refractivity contribution is -0.123. The third-order valence-corrected chi connectivity index (χ3v) is 2.34. The first-order valence-electron chi connectivity index (χ1n) is 4.79. The van der Waals surface area contributed by atoms with Gasteiger partial charge in [-0.15, -0.1) is 0 Å². The first-order valence-corrected chi connectivity index (χ1v) is 4.79. The van der Waals surface area contributed by atoms with E-state index in [-0.39, 0.29) is 18.1 Å². The first-order chi connectivity index (χ1) is 6.77. The van der Waals surface area contributed by atoms with Gasteiger partial charge in [0.25, 0.3) is 0 Å². The second-order valence-electron chi connectivity index (χ2n) is 3.35. The topological polar surface area (TPSA) is 59.6 Å². The molecule has 1 fully saturated rings. The van der Waals surface area contributed by atoms with Crippen LogP contribution in [0.1, 0.15) is 6.42 Å². The van der Waals surface area contributed by atoms with Crippen molar-refractivity contribution in [3.8, 4) is 0 Å². The minimum atomic E-state index is 0.0163. The predicted octanol–water partition coefficient (Wildman–Crippen LogP) is -0.874. The number of rotatable bonds is 5. The lowest BCUT2D eigenvalue weighted by Gasteiger charge is -2.18. The molecule has 0 bridgehead atoms. The van der Waals surface area contributed by atoms with Crippen LogP contribution in [0.4, 0.5) is 0 Å². The summed E-state index contributed by atoms with van der Waals surface area (Å²) in [5.74, 6) is 0.0163. The quantitative estimate of drug-likeness (QED) is 0.608. The monoisotopic (exact) mass is 202 g/mol. The van der Waals surface area contributed by atoms with Crippen LogP contribution >= 0.6 is 0 Å². The van der Waals surface area contributed by atoms with Crippen molar-refractivity contribution in [2.24, 2.45) is 0 Å². The molecule has 0 aliphatic carbocycles. The van der Waals surface area contributed by atoms with Crippen molar-refractivity contribution in [3.05, 3.63) is 0 Å². The molecule has 0 spiro atoms. The van der Waals surface area contributed by atoms with Crippen molar-refractivity contribution in [3.63, 3.8) is 0 Å². The van der Waals surface area contributed by atoms with E-state index in [1.54, 1.807) is 14.2 Å². The van der Waals surface area contributed by atoms with Crippen molar-refractivity contribution in [2.75, 3.05) is 33.9 Å². The van der Waals surface area contributed by atoms with Gasteiger partial charge < -0.3 is 20.1 Å². The molecule has 0 aromatic heterocycles. The Bertz CT molecular complexity index is 187. The molecular formula is C9H18N2O3. The van der Waals surface area contributed by atoms with E-state index < -0.39 is 0 Å². The van der Waals surface area contributed by atoms with Gasteiger partial charge in [-0.2, -0.15) is 0 Å². The fourth-order valence-corrected chi connectivity index (χ4v) is 1.52. The zero-order valence-electron chi connectivity index (χ0n) is 8.71. The normalized spacial score (nSPS) is 26.4. The Labute approximate surface area is 84.1 Å². The highest BCUT2D eigenvalue weighted by Gasteiger charge is 2.27. The van der Waals surface area contributed by atoms with Crippen LogP contribution in [-0.4, -0.2) is 52.0 Å². The van der Waals surface area contributed by atoms with Gasteiger partial charge in [-0.3, -0.25) is 4.79 Å². The maximum atomic E-state index is 11.3. The fraction of sp³-hybridized carbons (Fsp3) is 0.889. The smallest absolute Gasteiger partial charge is 0.222 e. The first kappa shape index (κ1) is 11.4. The van der Waals surface area contributed by atoms with E-state index in [4.69, 9.17) is 9.47 Å². The molecule has 0 aromatic carbocycles. The molecule has 2 N–H and O–H groups in total. The van der Waals surface area contributed by atoms with Crippen LogP contribution in [-0.2, 0) is 14.3 Å². The summed E-state index contributed by atoms with van der Waals surface area (Å²) in [6, 6.07) is 0.0874. The highest BCUT2D eigenvalue weighted by Crippen LogP contribution is 2.03. The number of methoxy groups -OCH3 is 2. The largest absolute Gasteiger partial charge is 0.384 e. The number of nitrogens with one attached hydrogen (secondary N) is 2. The molecule has 0 radical (unpaired) electrons. The van der Waals surface area contributed by atoms with Crippen LogP contribution in [0.2, 0.25) is 0 Å². The average molecular weight is 202 g/mol. The molecule has 0 aromatic rings. The molecule has 1 aliphatic heterocycles. The van der Waals surface area contributed by atoms with Crippen LogP contribution in [0.5, 0.6) is 0 Å². The number of amides is 1. The van der Waals surface area contributed by atoms with Crippen molar-refractivity contribution in [2.45, 2.75) is 18.6 Å². The van der Waals surface area contributed by atoms with Gasteiger partial charge in [0.2, 0.25) is 5.91 Å². The Balaban J connectivity index is 2.25. The molecule has 5 heteroatoms.